The van der Waals surface area contributed by atoms with Gasteiger partial charge in [0.1, 0.15) is 12.2 Å². The molecule has 0 unspecified atom stereocenters. The van der Waals surface area contributed by atoms with Crippen molar-refractivity contribution in [2.45, 2.75) is 47.2 Å². The van der Waals surface area contributed by atoms with E-state index in [2.05, 4.69) is 49.4 Å². The Morgan fingerprint density at radius 2 is 2.00 bits per heavy atom. The molecule has 15 heavy (non-hydrogen) atoms. The molecular formula is C11H22N4. The molecule has 1 aromatic heterocycles. The van der Waals surface area contributed by atoms with Gasteiger partial charge in [-0.05, 0) is 11.3 Å². The highest BCUT2D eigenvalue weighted by atomic mass is 15.3. The minimum atomic E-state index is -0.0706. The molecule has 0 spiro atoms. The highest BCUT2D eigenvalue weighted by Crippen LogP contribution is 2.29. The fourth-order valence-corrected chi connectivity index (χ4v) is 1.43. The standard InChI is InChI=1S/C11H22N4/c1-8(2)6-15-7-13-14-10(15)9(12)11(3,4)5/h7-9H,6,12H2,1-5H3/t9-/m0/s1. The second-order valence-corrected chi connectivity index (χ2v) is 5.58. The molecule has 0 aliphatic carbocycles. The smallest absolute Gasteiger partial charge is 0.150 e. The molecule has 0 radical (unpaired) electrons. The lowest BCUT2D eigenvalue weighted by Gasteiger charge is -2.26. The molecule has 0 saturated carbocycles. The molecule has 0 bridgehead atoms. The van der Waals surface area contributed by atoms with Crippen LogP contribution in [0.5, 0.6) is 0 Å². The minimum absolute atomic E-state index is 0.0156. The number of hydrogen-bond acceptors (Lipinski definition) is 3. The fraction of sp³-hybridized carbons (Fsp3) is 0.818. The number of nitrogens with two attached hydrogens (primary N) is 1. The lowest BCUT2D eigenvalue weighted by molar-refractivity contribution is 0.303. The molecule has 1 heterocycles. The fourth-order valence-electron chi connectivity index (χ4n) is 1.43. The van der Waals surface area contributed by atoms with E-state index in [9.17, 15) is 0 Å². The Labute approximate surface area is 91.9 Å². The SMILES string of the molecule is CC(C)Cn1cnnc1[C@H](N)C(C)(C)C. The lowest BCUT2D eigenvalue weighted by atomic mass is 9.87. The molecule has 4 nitrogen and oxygen atoms in total. The zero-order valence-electron chi connectivity index (χ0n) is 10.4. The highest BCUT2D eigenvalue weighted by molar-refractivity contribution is 4.99. The summed E-state index contributed by atoms with van der Waals surface area (Å²) >= 11 is 0. The van der Waals surface area contributed by atoms with Crippen LogP contribution in [-0.4, -0.2) is 14.8 Å². The average molecular weight is 210 g/mol. The predicted octanol–water partition coefficient (Wildman–Crippen LogP) is 1.98. The van der Waals surface area contributed by atoms with Gasteiger partial charge in [-0.1, -0.05) is 34.6 Å². The van der Waals surface area contributed by atoms with Gasteiger partial charge in [0.25, 0.3) is 0 Å². The van der Waals surface area contributed by atoms with E-state index in [1.54, 1.807) is 6.33 Å². The van der Waals surface area contributed by atoms with Crippen molar-refractivity contribution in [3.05, 3.63) is 12.2 Å². The summed E-state index contributed by atoms with van der Waals surface area (Å²) < 4.78 is 2.06. The van der Waals surface area contributed by atoms with Crippen molar-refractivity contribution in [3.63, 3.8) is 0 Å². The Morgan fingerprint density at radius 3 is 2.47 bits per heavy atom. The van der Waals surface area contributed by atoms with Crippen LogP contribution in [0.3, 0.4) is 0 Å². The van der Waals surface area contributed by atoms with Crippen LogP contribution < -0.4 is 5.73 Å². The van der Waals surface area contributed by atoms with Crippen molar-refractivity contribution in [2.75, 3.05) is 0 Å². The first-order chi connectivity index (χ1) is 6.82. The summed E-state index contributed by atoms with van der Waals surface area (Å²) in [6.07, 6.45) is 1.76. The molecule has 86 valence electrons. The van der Waals surface area contributed by atoms with Gasteiger partial charge in [-0.15, -0.1) is 10.2 Å². The van der Waals surface area contributed by atoms with E-state index in [0.29, 0.717) is 5.92 Å². The first kappa shape index (κ1) is 12.2. The minimum Gasteiger partial charge on any atom is -0.321 e. The number of rotatable bonds is 3. The van der Waals surface area contributed by atoms with Crippen LogP contribution in [0.25, 0.3) is 0 Å². The summed E-state index contributed by atoms with van der Waals surface area (Å²) in [7, 11) is 0. The molecule has 0 fully saturated rings. The molecule has 1 rings (SSSR count). The normalized spacial score (nSPS) is 14.6. The van der Waals surface area contributed by atoms with Gasteiger partial charge in [-0.25, -0.2) is 0 Å². The molecule has 4 heteroatoms. The maximum Gasteiger partial charge on any atom is 0.150 e. The zero-order chi connectivity index (χ0) is 11.6. The molecule has 0 aliphatic rings. The van der Waals surface area contributed by atoms with E-state index in [1.807, 2.05) is 0 Å². The van der Waals surface area contributed by atoms with Crippen molar-refractivity contribution in [3.8, 4) is 0 Å². The van der Waals surface area contributed by atoms with E-state index in [4.69, 9.17) is 5.73 Å². The van der Waals surface area contributed by atoms with E-state index in [0.717, 1.165) is 12.4 Å². The van der Waals surface area contributed by atoms with Crippen LogP contribution in [0.1, 0.15) is 46.5 Å². The third-order valence-corrected chi connectivity index (χ3v) is 2.42. The summed E-state index contributed by atoms with van der Waals surface area (Å²) in [5.74, 6) is 1.46. The van der Waals surface area contributed by atoms with Crippen LogP contribution in [-0.2, 0) is 6.54 Å². The van der Waals surface area contributed by atoms with Gasteiger partial charge in [0.2, 0.25) is 0 Å². The summed E-state index contributed by atoms with van der Waals surface area (Å²) in [6, 6.07) is -0.0706. The quantitative estimate of drug-likeness (QED) is 0.830. The maximum absolute atomic E-state index is 6.17. The third-order valence-electron chi connectivity index (χ3n) is 2.42. The van der Waals surface area contributed by atoms with Crippen molar-refractivity contribution in [1.82, 2.24) is 14.8 Å². The Morgan fingerprint density at radius 1 is 1.40 bits per heavy atom. The lowest BCUT2D eigenvalue weighted by Crippen LogP contribution is -2.29. The van der Waals surface area contributed by atoms with Gasteiger partial charge < -0.3 is 10.3 Å². The Bertz CT molecular complexity index is 309. The topological polar surface area (TPSA) is 56.7 Å². The third kappa shape index (κ3) is 3.02. The predicted molar refractivity (Wildman–Crippen MR) is 61.2 cm³/mol. The Balaban J connectivity index is 2.90. The summed E-state index contributed by atoms with van der Waals surface area (Å²) in [4.78, 5) is 0. The molecule has 1 atom stereocenters. The van der Waals surface area contributed by atoms with Gasteiger partial charge in [-0.2, -0.15) is 0 Å². The van der Waals surface area contributed by atoms with Crippen molar-refractivity contribution in [2.24, 2.45) is 17.1 Å². The first-order valence-electron chi connectivity index (χ1n) is 5.45. The first-order valence-corrected chi connectivity index (χ1v) is 5.45. The van der Waals surface area contributed by atoms with Crippen LogP contribution in [0.4, 0.5) is 0 Å². The van der Waals surface area contributed by atoms with Gasteiger partial charge in [0.15, 0.2) is 0 Å². The monoisotopic (exact) mass is 210 g/mol. The van der Waals surface area contributed by atoms with Crippen molar-refractivity contribution >= 4 is 0 Å². The van der Waals surface area contributed by atoms with Gasteiger partial charge in [-0.3, -0.25) is 0 Å². The molecule has 0 amide bonds. The van der Waals surface area contributed by atoms with E-state index >= 15 is 0 Å². The molecule has 1 aromatic rings. The largest absolute Gasteiger partial charge is 0.321 e. The molecule has 2 N–H and O–H groups in total. The van der Waals surface area contributed by atoms with Gasteiger partial charge in [0, 0.05) is 6.54 Å². The van der Waals surface area contributed by atoms with E-state index < -0.39 is 0 Å². The van der Waals surface area contributed by atoms with Crippen molar-refractivity contribution in [1.29, 1.82) is 0 Å². The molecular weight excluding hydrogens is 188 g/mol. The van der Waals surface area contributed by atoms with Crippen LogP contribution in [0.15, 0.2) is 6.33 Å². The number of nitrogens with zero attached hydrogens (tertiary/aromatic N) is 3. The molecule has 0 aliphatic heterocycles. The van der Waals surface area contributed by atoms with Crippen LogP contribution in [0.2, 0.25) is 0 Å². The number of hydrogen-bond donors (Lipinski definition) is 1. The molecule has 0 saturated heterocycles. The second-order valence-electron chi connectivity index (χ2n) is 5.58. The average Bonchev–Trinajstić information content (AvgIpc) is 2.48. The highest BCUT2D eigenvalue weighted by Gasteiger charge is 2.26. The summed E-state index contributed by atoms with van der Waals surface area (Å²) in [5.41, 5.74) is 6.19. The molecule has 0 aromatic carbocycles. The van der Waals surface area contributed by atoms with Crippen molar-refractivity contribution < 1.29 is 0 Å². The summed E-state index contributed by atoms with van der Waals surface area (Å²) in [5, 5.41) is 8.07. The van der Waals surface area contributed by atoms with E-state index in [1.165, 1.54) is 0 Å². The van der Waals surface area contributed by atoms with Crippen LogP contribution >= 0.6 is 0 Å². The van der Waals surface area contributed by atoms with Crippen LogP contribution in [0, 0.1) is 11.3 Å². The zero-order valence-corrected chi connectivity index (χ0v) is 10.4. The Hall–Kier alpha value is -0.900. The number of aromatic nitrogens is 3. The summed E-state index contributed by atoms with van der Waals surface area (Å²) in [6.45, 7) is 11.6. The van der Waals surface area contributed by atoms with Gasteiger partial charge in [0.05, 0.1) is 6.04 Å². The second kappa shape index (κ2) is 4.31. The van der Waals surface area contributed by atoms with E-state index in [-0.39, 0.29) is 11.5 Å². The maximum atomic E-state index is 6.17. The Kier molecular flexibility index (Phi) is 3.50. The van der Waals surface area contributed by atoms with Gasteiger partial charge >= 0.3 is 0 Å².